The molecule has 0 amide bonds. The van der Waals surface area contributed by atoms with Gasteiger partial charge in [0.05, 0.1) is 4.88 Å². The zero-order valence-electron chi connectivity index (χ0n) is 11.6. The molecule has 0 aromatic carbocycles. The van der Waals surface area contributed by atoms with E-state index in [1.54, 1.807) is 12.3 Å². The molecule has 2 rings (SSSR count). The number of thiophene rings is 1. The van der Waals surface area contributed by atoms with Gasteiger partial charge in [-0.1, -0.05) is 19.6 Å². The van der Waals surface area contributed by atoms with Crippen molar-refractivity contribution in [2.45, 2.75) is 26.8 Å². The summed E-state index contributed by atoms with van der Waals surface area (Å²) in [5.74, 6) is 0.872. The Labute approximate surface area is 122 Å². The lowest BCUT2D eigenvalue weighted by atomic mass is 10.1. The van der Waals surface area contributed by atoms with Crippen LogP contribution in [0.5, 0.6) is 0 Å². The Balaban J connectivity index is 2.58. The zero-order valence-corrected chi connectivity index (χ0v) is 12.4. The molecule has 4 nitrogen and oxygen atoms in total. The molecule has 0 aliphatic heterocycles. The molecule has 0 saturated heterocycles. The number of aromatic nitrogens is 2. The summed E-state index contributed by atoms with van der Waals surface area (Å²) < 4.78 is 1.89. The van der Waals surface area contributed by atoms with Crippen LogP contribution in [0, 0.1) is 11.3 Å². The molecule has 0 spiro atoms. The molecule has 0 radical (unpaired) electrons. The van der Waals surface area contributed by atoms with E-state index in [0.29, 0.717) is 4.88 Å². The molecule has 0 saturated carbocycles. The highest BCUT2D eigenvalue weighted by Crippen LogP contribution is 2.35. The number of allylic oxidation sites excluding steroid dienone is 1. The molecule has 2 aromatic heterocycles. The minimum atomic E-state index is 0.698. The maximum Gasteiger partial charge on any atom is 0.154 e. The number of aliphatic imine (C=N–C) groups is 1. The highest BCUT2D eigenvalue weighted by Gasteiger charge is 2.17. The Morgan fingerprint density at radius 1 is 1.50 bits per heavy atom. The van der Waals surface area contributed by atoms with E-state index < -0.39 is 0 Å². The van der Waals surface area contributed by atoms with E-state index in [-0.39, 0.29) is 0 Å². The Bertz CT molecular complexity index is 685. The standard InChI is InChI=1S/C15H16N4S/c1-4-9-17-15-12(5-2)14(18-19(15)6-3)13-8-7-11(10-16)20-13/h4,7-9H,1,5-6H2,2-3H3/b17-9-. The lowest BCUT2D eigenvalue weighted by Crippen LogP contribution is -1.95. The van der Waals surface area contributed by atoms with Gasteiger partial charge in [-0.15, -0.1) is 11.3 Å². The molecule has 20 heavy (non-hydrogen) atoms. The second kappa shape index (κ2) is 6.31. The van der Waals surface area contributed by atoms with E-state index in [9.17, 15) is 0 Å². The van der Waals surface area contributed by atoms with E-state index in [1.165, 1.54) is 11.3 Å². The number of rotatable bonds is 5. The monoisotopic (exact) mass is 284 g/mol. The van der Waals surface area contributed by atoms with Crippen molar-refractivity contribution >= 4 is 23.4 Å². The Morgan fingerprint density at radius 2 is 2.30 bits per heavy atom. The first-order valence-electron chi connectivity index (χ1n) is 6.50. The number of nitriles is 1. The Kier molecular flexibility index (Phi) is 4.49. The lowest BCUT2D eigenvalue weighted by Gasteiger charge is -2.00. The average molecular weight is 284 g/mol. The van der Waals surface area contributed by atoms with Crippen LogP contribution < -0.4 is 0 Å². The van der Waals surface area contributed by atoms with Crippen LogP contribution in [0.1, 0.15) is 24.3 Å². The highest BCUT2D eigenvalue weighted by atomic mass is 32.1. The maximum atomic E-state index is 8.95. The predicted molar refractivity (Wildman–Crippen MR) is 83.7 cm³/mol. The number of aryl methyl sites for hydroxylation is 1. The van der Waals surface area contributed by atoms with Crippen molar-refractivity contribution < 1.29 is 0 Å². The minimum Gasteiger partial charge on any atom is -0.247 e. The number of nitrogens with zero attached hydrogens (tertiary/aromatic N) is 4. The van der Waals surface area contributed by atoms with Gasteiger partial charge in [0.15, 0.2) is 5.82 Å². The van der Waals surface area contributed by atoms with Gasteiger partial charge in [-0.3, -0.25) is 0 Å². The zero-order chi connectivity index (χ0) is 14.5. The fourth-order valence-corrected chi connectivity index (χ4v) is 2.84. The van der Waals surface area contributed by atoms with Gasteiger partial charge in [0.2, 0.25) is 0 Å². The second-order valence-corrected chi connectivity index (χ2v) is 5.19. The topological polar surface area (TPSA) is 54.0 Å². The lowest BCUT2D eigenvalue weighted by molar-refractivity contribution is 0.666. The van der Waals surface area contributed by atoms with Gasteiger partial charge in [-0.05, 0) is 25.5 Å². The summed E-state index contributed by atoms with van der Waals surface area (Å²) in [5.41, 5.74) is 2.04. The summed E-state index contributed by atoms with van der Waals surface area (Å²) in [7, 11) is 0. The predicted octanol–water partition coefficient (Wildman–Crippen LogP) is 3.95. The summed E-state index contributed by atoms with van der Waals surface area (Å²) in [6.45, 7) is 8.54. The third-order valence-electron chi connectivity index (χ3n) is 2.93. The molecule has 0 fully saturated rings. The summed E-state index contributed by atoms with van der Waals surface area (Å²) in [6, 6.07) is 5.95. The van der Waals surface area contributed by atoms with Crippen LogP contribution in [0.3, 0.4) is 0 Å². The third kappa shape index (κ3) is 2.56. The van der Waals surface area contributed by atoms with Crippen molar-refractivity contribution in [3.63, 3.8) is 0 Å². The number of hydrogen-bond acceptors (Lipinski definition) is 4. The summed E-state index contributed by atoms with van der Waals surface area (Å²) in [4.78, 5) is 6.15. The van der Waals surface area contributed by atoms with Crippen LogP contribution in [0.25, 0.3) is 10.6 Å². The fourth-order valence-electron chi connectivity index (χ4n) is 2.03. The molecule has 0 atom stereocenters. The van der Waals surface area contributed by atoms with Gasteiger partial charge in [0.25, 0.3) is 0 Å². The third-order valence-corrected chi connectivity index (χ3v) is 3.92. The van der Waals surface area contributed by atoms with Gasteiger partial charge in [-0.25, -0.2) is 9.67 Å². The molecule has 0 N–H and O–H groups in total. The highest BCUT2D eigenvalue weighted by molar-refractivity contribution is 7.16. The summed E-state index contributed by atoms with van der Waals surface area (Å²) in [6.07, 6.45) is 4.19. The van der Waals surface area contributed by atoms with Gasteiger partial charge < -0.3 is 0 Å². The van der Waals surface area contributed by atoms with Gasteiger partial charge in [0.1, 0.15) is 16.6 Å². The van der Waals surface area contributed by atoms with Crippen LogP contribution in [0.15, 0.2) is 29.8 Å². The molecule has 5 heteroatoms. The number of hydrogen-bond donors (Lipinski definition) is 0. The Morgan fingerprint density at radius 3 is 2.85 bits per heavy atom. The van der Waals surface area contributed by atoms with Gasteiger partial charge in [0, 0.05) is 18.3 Å². The normalized spacial score (nSPS) is 10.8. The van der Waals surface area contributed by atoms with E-state index >= 15 is 0 Å². The molecule has 0 aliphatic carbocycles. The van der Waals surface area contributed by atoms with Gasteiger partial charge >= 0.3 is 0 Å². The largest absolute Gasteiger partial charge is 0.247 e. The molecule has 2 heterocycles. The molecule has 0 bridgehead atoms. The van der Waals surface area contributed by atoms with Crippen LogP contribution in [0.2, 0.25) is 0 Å². The smallest absolute Gasteiger partial charge is 0.154 e. The summed E-state index contributed by atoms with van der Waals surface area (Å²) in [5, 5.41) is 13.6. The first-order valence-corrected chi connectivity index (χ1v) is 7.31. The molecule has 0 unspecified atom stereocenters. The van der Waals surface area contributed by atoms with E-state index in [4.69, 9.17) is 5.26 Å². The van der Waals surface area contributed by atoms with Crippen LogP contribution in [0.4, 0.5) is 5.82 Å². The van der Waals surface area contributed by atoms with Crippen LogP contribution in [-0.2, 0) is 13.0 Å². The molecule has 2 aromatic rings. The molecule has 102 valence electrons. The van der Waals surface area contributed by atoms with Crippen molar-refractivity contribution in [3.8, 4) is 16.6 Å². The van der Waals surface area contributed by atoms with Crippen molar-refractivity contribution in [2.24, 2.45) is 4.99 Å². The SMILES string of the molecule is C=C/C=N\c1c(CC)c(-c2ccc(C#N)s2)nn1CC. The molecule has 0 aliphatic rings. The Hall–Kier alpha value is -2.19. The quantitative estimate of drug-likeness (QED) is 0.780. The van der Waals surface area contributed by atoms with E-state index in [1.807, 2.05) is 23.7 Å². The minimum absolute atomic E-state index is 0.698. The first-order chi connectivity index (χ1) is 9.74. The second-order valence-electron chi connectivity index (χ2n) is 4.11. The van der Waals surface area contributed by atoms with Crippen molar-refractivity contribution in [3.05, 3.63) is 35.2 Å². The van der Waals surface area contributed by atoms with Crippen molar-refractivity contribution in [2.75, 3.05) is 0 Å². The van der Waals surface area contributed by atoms with Gasteiger partial charge in [-0.2, -0.15) is 10.4 Å². The van der Waals surface area contributed by atoms with E-state index in [0.717, 1.165) is 34.9 Å². The van der Waals surface area contributed by atoms with E-state index in [2.05, 4.69) is 29.7 Å². The first kappa shape index (κ1) is 14.2. The van der Waals surface area contributed by atoms with Crippen LogP contribution >= 0.6 is 11.3 Å². The molecular formula is C15H16N4S. The molecular weight excluding hydrogens is 268 g/mol. The summed E-state index contributed by atoms with van der Waals surface area (Å²) >= 11 is 1.46. The average Bonchev–Trinajstić information content (AvgIpc) is 3.08. The van der Waals surface area contributed by atoms with Crippen molar-refractivity contribution in [1.82, 2.24) is 9.78 Å². The maximum absolute atomic E-state index is 8.95. The van der Waals surface area contributed by atoms with Crippen LogP contribution in [-0.4, -0.2) is 16.0 Å². The fraction of sp³-hybridized carbons (Fsp3) is 0.267. The van der Waals surface area contributed by atoms with Crippen molar-refractivity contribution in [1.29, 1.82) is 5.26 Å².